The minimum Gasteiger partial charge on any atom is -0.535 e. The van der Waals surface area contributed by atoms with Gasteiger partial charge < -0.3 is 14.4 Å². The maximum atomic E-state index is 13.5. The molecule has 1 aromatic rings. The number of esters is 1. The van der Waals surface area contributed by atoms with Gasteiger partial charge in [-0.05, 0) is 18.1 Å². The van der Waals surface area contributed by atoms with Gasteiger partial charge in [0.1, 0.15) is 17.9 Å². The SMILES string of the molecule is CCC(F)(F)C(=O)C[C@H]1Cc2cccc(C(=O)OCCS(C)(=O)=O)c2OB1O. The molecule has 7 nitrogen and oxygen atoms in total. The van der Waals surface area contributed by atoms with Gasteiger partial charge in [0.2, 0.25) is 5.78 Å². The molecular weight excluding hydrogens is 397 g/mol. The molecule has 0 spiro atoms. The molecule has 154 valence electrons. The number of alkyl halides is 2. The van der Waals surface area contributed by atoms with E-state index in [9.17, 15) is 31.8 Å². The Bertz CT molecular complexity index is 857. The molecule has 0 unspecified atom stereocenters. The van der Waals surface area contributed by atoms with E-state index < -0.39 is 53.3 Å². The Morgan fingerprint density at radius 2 is 2.07 bits per heavy atom. The fourth-order valence-corrected chi connectivity index (χ4v) is 3.15. The smallest absolute Gasteiger partial charge is 0.526 e. The zero-order chi connectivity index (χ0) is 21.1. The van der Waals surface area contributed by atoms with Gasteiger partial charge in [-0.2, -0.15) is 8.78 Å². The van der Waals surface area contributed by atoms with Crippen molar-refractivity contribution < 1.29 is 41.2 Å². The summed E-state index contributed by atoms with van der Waals surface area (Å²) in [6.45, 7) is 0.857. The van der Waals surface area contributed by atoms with E-state index in [4.69, 9.17) is 9.39 Å². The van der Waals surface area contributed by atoms with Crippen LogP contribution in [0.3, 0.4) is 0 Å². The second kappa shape index (κ2) is 8.56. The van der Waals surface area contributed by atoms with Crippen molar-refractivity contribution in [1.82, 2.24) is 0 Å². The van der Waals surface area contributed by atoms with Crippen LogP contribution in [-0.4, -0.2) is 56.9 Å². The van der Waals surface area contributed by atoms with Crippen LogP contribution in [0.1, 0.15) is 35.7 Å². The van der Waals surface area contributed by atoms with Gasteiger partial charge >= 0.3 is 19.0 Å². The van der Waals surface area contributed by atoms with Crippen molar-refractivity contribution in [3.63, 3.8) is 0 Å². The first-order chi connectivity index (χ1) is 12.9. The van der Waals surface area contributed by atoms with Gasteiger partial charge in [-0.3, -0.25) is 4.79 Å². The van der Waals surface area contributed by atoms with Crippen LogP contribution in [-0.2, 0) is 25.8 Å². The summed E-state index contributed by atoms with van der Waals surface area (Å²) in [5.41, 5.74) is 0.439. The first-order valence-corrected chi connectivity index (χ1v) is 10.7. The number of hydrogen-bond donors (Lipinski definition) is 1. The monoisotopic (exact) mass is 418 g/mol. The van der Waals surface area contributed by atoms with Crippen LogP contribution in [0.25, 0.3) is 0 Å². The molecular formula is C17H21BF2O7S. The number of halogens is 2. The molecule has 2 rings (SSSR count). The lowest BCUT2D eigenvalue weighted by molar-refractivity contribution is -0.143. The Hall–Kier alpha value is -2.01. The molecule has 0 aliphatic carbocycles. The van der Waals surface area contributed by atoms with Gasteiger partial charge in [0.05, 0.1) is 5.75 Å². The number of rotatable bonds is 8. The first-order valence-electron chi connectivity index (χ1n) is 8.67. The third kappa shape index (κ3) is 5.51. The van der Waals surface area contributed by atoms with E-state index in [1.54, 1.807) is 6.07 Å². The molecule has 1 N–H and O–H groups in total. The largest absolute Gasteiger partial charge is 0.535 e. The lowest BCUT2D eigenvalue weighted by Crippen LogP contribution is -2.38. The van der Waals surface area contributed by atoms with Gasteiger partial charge in [-0.1, -0.05) is 19.1 Å². The summed E-state index contributed by atoms with van der Waals surface area (Å²) in [4.78, 5) is 24.0. The predicted octanol–water partition coefficient (Wildman–Crippen LogP) is 1.68. The number of fused-ring (bicyclic) bond motifs is 1. The predicted molar refractivity (Wildman–Crippen MR) is 97.4 cm³/mol. The highest BCUT2D eigenvalue weighted by molar-refractivity contribution is 7.90. The van der Waals surface area contributed by atoms with Gasteiger partial charge in [-0.15, -0.1) is 0 Å². The molecule has 11 heteroatoms. The lowest BCUT2D eigenvalue weighted by Gasteiger charge is -2.29. The number of carbonyl (C=O) groups is 2. The third-order valence-corrected chi connectivity index (χ3v) is 5.34. The fourth-order valence-electron chi connectivity index (χ4n) is 2.77. The van der Waals surface area contributed by atoms with E-state index in [2.05, 4.69) is 0 Å². The number of para-hydroxylation sites is 1. The van der Waals surface area contributed by atoms with Gasteiger partial charge in [0.15, 0.2) is 9.84 Å². The second-order valence-electron chi connectivity index (χ2n) is 6.72. The maximum absolute atomic E-state index is 13.5. The van der Waals surface area contributed by atoms with Gasteiger partial charge in [0, 0.05) is 24.9 Å². The van der Waals surface area contributed by atoms with Crippen LogP contribution in [0.15, 0.2) is 18.2 Å². The normalized spacial score (nSPS) is 16.9. The number of benzene rings is 1. The lowest BCUT2D eigenvalue weighted by atomic mass is 9.64. The van der Waals surface area contributed by atoms with E-state index in [-0.39, 0.29) is 30.1 Å². The number of sulfone groups is 1. The van der Waals surface area contributed by atoms with Crippen LogP contribution in [0.5, 0.6) is 5.75 Å². The zero-order valence-electron chi connectivity index (χ0n) is 15.5. The van der Waals surface area contributed by atoms with Crippen molar-refractivity contribution in [3.05, 3.63) is 29.3 Å². The van der Waals surface area contributed by atoms with E-state index in [0.29, 0.717) is 5.56 Å². The summed E-state index contributed by atoms with van der Waals surface area (Å²) >= 11 is 0. The average Bonchev–Trinajstić information content (AvgIpc) is 2.60. The highest BCUT2D eigenvalue weighted by Crippen LogP contribution is 2.38. The van der Waals surface area contributed by atoms with E-state index in [0.717, 1.165) is 6.26 Å². The molecule has 1 heterocycles. The van der Waals surface area contributed by atoms with Gasteiger partial charge in [0.25, 0.3) is 0 Å². The average molecular weight is 418 g/mol. The fraction of sp³-hybridized carbons (Fsp3) is 0.529. The van der Waals surface area contributed by atoms with Crippen molar-refractivity contribution in [2.24, 2.45) is 0 Å². The molecule has 0 saturated carbocycles. The Labute approximate surface area is 162 Å². The number of ether oxygens (including phenoxy) is 1. The van der Waals surface area contributed by atoms with Crippen molar-refractivity contribution >= 4 is 28.7 Å². The molecule has 0 bridgehead atoms. The Kier molecular flexibility index (Phi) is 6.82. The zero-order valence-corrected chi connectivity index (χ0v) is 16.3. The van der Waals surface area contributed by atoms with E-state index >= 15 is 0 Å². The second-order valence-corrected chi connectivity index (χ2v) is 8.98. The number of carbonyl (C=O) groups excluding carboxylic acids is 2. The Morgan fingerprint density at radius 3 is 2.68 bits per heavy atom. The molecule has 1 atom stereocenters. The molecule has 28 heavy (non-hydrogen) atoms. The van der Waals surface area contributed by atoms with Gasteiger partial charge in [-0.25, -0.2) is 13.2 Å². The molecule has 1 aliphatic heterocycles. The molecule has 0 saturated heterocycles. The molecule has 0 radical (unpaired) electrons. The minimum absolute atomic E-state index is 0.0197. The van der Waals surface area contributed by atoms with E-state index in [1.807, 2.05) is 0 Å². The number of ketones is 1. The van der Waals surface area contributed by atoms with E-state index in [1.165, 1.54) is 19.1 Å². The molecule has 1 aromatic carbocycles. The van der Waals surface area contributed by atoms with Crippen molar-refractivity contribution in [1.29, 1.82) is 0 Å². The Morgan fingerprint density at radius 1 is 1.39 bits per heavy atom. The molecule has 0 amide bonds. The number of hydrogen-bond acceptors (Lipinski definition) is 7. The molecule has 1 aliphatic rings. The Balaban J connectivity index is 2.13. The summed E-state index contributed by atoms with van der Waals surface area (Å²) in [6, 6.07) is 4.49. The van der Waals surface area contributed by atoms with Crippen molar-refractivity contribution in [2.75, 3.05) is 18.6 Å². The van der Waals surface area contributed by atoms with Crippen LogP contribution < -0.4 is 4.65 Å². The van der Waals surface area contributed by atoms with Crippen molar-refractivity contribution in [2.45, 2.75) is 37.9 Å². The van der Waals surface area contributed by atoms with Crippen molar-refractivity contribution in [3.8, 4) is 5.75 Å². The highest BCUT2D eigenvalue weighted by atomic mass is 32.2. The summed E-state index contributed by atoms with van der Waals surface area (Å²) in [6.07, 6.45) is -0.124. The summed E-state index contributed by atoms with van der Waals surface area (Å²) in [5, 5.41) is 10.1. The van der Waals surface area contributed by atoms with Crippen LogP contribution in [0.2, 0.25) is 5.82 Å². The molecule has 0 aromatic heterocycles. The van der Waals surface area contributed by atoms with Crippen LogP contribution in [0.4, 0.5) is 8.78 Å². The topological polar surface area (TPSA) is 107 Å². The maximum Gasteiger partial charge on any atom is 0.526 e. The minimum atomic E-state index is -3.47. The standard InChI is InChI=1S/C17H21BF2O7S/c1-3-17(19,20)14(21)10-12-9-11-5-4-6-13(15(11)27-18(12)23)16(22)26-7-8-28(2,24)25/h4-6,12,23H,3,7-10H2,1-2H3/t12-/m1/s1. The third-order valence-electron chi connectivity index (χ3n) is 4.43. The molecule has 0 fully saturated rings. The first kappa shape index (κ1) is 22.3. The summed E-state index contributed by atoms with van der Waals surface area (Å²) in [5.74, 6) is -6.76. The highest BCUT2D eigenvalue weighted by Gasteiger charge is 2.43. The summed E-state index contributed by atoms with van der Waals surface area (Å²) < 4.78 is 59.5. The van der Waals surface area contributed by atoms with Crippen LogP contribution in [0, 0.1) is 0 Å². The summed E-state index contributed by atoms with van der Waals surface area (Å²) in [7, 11) is -4.85. The quantitative estimate of drug-likeness (QED) is 0.506. The number of Topliss-reactive ketones (excluding diaryl/α,β-unsaturated/α-hetero) is 1. The van der Waals surface area contributed by atoms with Crippen LogP contribution >= 0.6 is 0 Å².